The first kappa shape index (κ1) is 12.7. The van der Waals surface area contributed by atoms with E-state index in [1.807, 2.05) is 6.07 Å². The molecule has 1 aliphatic heterocycles. The fourth-order valence-electron chi connectivity index (χ4n) is 2.11. The number of hydrogen-bond acceptors (Lipinski definition) is 5. The maximum absolute atomic E-state index is 9.10. The van der Waals surface area contributed by atoms with E-state index in [1.165, 1.54) is 0 Å². The van der Waals surface area contributed by atoms with Crippen molar-refractivity contribution in [3.8, 4) is 11.8 Å². The number of nitriles is 1. The van der Waals surface area contributed by atoms with Crippen molar-refractivity contribution in [1.82, 2.24) is 5.32 Å². The van der Waals surface area contributed by atoms with Gasteiger partial charge in [0.1, 0.15) is 11.8 Å². The van der Waals surface area contributed by atoms with Crippen molar-refractivity contribution in [3.05, 3.63) is 23.8 Å². The number of nitrogens with zero attached hydrogens (tertiary/aromatic N) is 1. The molecule has 2 N–H and O–H groups in total. The molecule has 1 unspecified atom stereocenters. The van der Waals surface area contributed by atoms with Gasteiger partial charge in [-0.3, -0.25) is 0 Å². The monoisotopic (exact) mass is 247 g/mol. The fraction of sp³-hybridized carbons (Fsp3) is 0.462. The third-order valence-corrected chi connectivity index (χ3v) is 3.15. The van der Waals surface area contributed by atoms with Gasteiger partial charge in [-0.25, -0.2) is 0 Å². The number of hydrogen-bond donors (Lipinski definition) is 2. The Bertz CT molecular complexity index is 456. The van der Waals surface area contributed by atoms with E-state index in [9.17, 15) is 0 Å². The molecule has 0 aromatic heterocycles. The smallest absolute Gasteiger partial charge is 0.121 e. The normalized spacial score (nSPS) is 22.5. The van der Waals surface area contributed by atoms with Gasteiger partial charge < -0.3 is 20.1 Å². The SMILES string of the molecule is COc1ccc(C#N)c(NC2CNC[C@@H]2OC)c1. The van der Waals surface area contributed by atoms with Crippen molar-refractivity contribution < 1.29 is 9.47 Å². The maximum atomic E-state index is 9.10. The van der Waals surface area contributed by atoms with E-state index in [4.69, 9.17) is 14.7 Å². The summed E-state index contributed by atoms with van der Waals surface area (Å²) in [4.78, 5) is 0. The lowest BCUT2D eigenvalue weighted by Crippen LogP contribution is -2.33. The van der Waals surface area contributed by atoms with Crippen molar-refractivity contribution in [1.29, 1.82) is 5.26 Å². The average molecular weight is 247 g/mol. The van der Waals surface area contributed by atoms with Gasteiger partial charge in [0, 0.05) is 26.3 Å². The van der Waals surface area contributed by atoms with Crippen LogP contribution in [0.2, 0.25) is 0 Å². The summed E-state index contributed by atoms with van der Waals surface area (Å²) < 4.78 is 10.6. The van der Waals surface area contributed by atoms with Gasteiger partial charge in [-0.1, -0.05) is 0 Å². The highest BCUT2D eigenvalue weighted by atomic mass is 16.5. The lowest BCUT2D eigenvalue weighted by Gasteiger charge is -2.20. The fourth-order valence-corrected chi connectivity index (χ4v) is 2.11. The van der Waals surface area contributed by atoms with Gasteiger partial charge in [0.15, 0.2) is 0 Å². The summed E-state index contributed by atoms with van der Waals surface area (Å²) in [7, 11) is 3.31. The summed E-state index contributed by atoms with van der Waals surface area (Å²) >= 11 is 0. The molecule has 0 bridgehead atoms. The van der Waals surface area contributed by atoms with Gasteiger partial charge in [0.25, 0.3) is 0 Å². The standard InChI is InChI=1S/C13H17N3O2/c1-17-10-4-3-9(6-14)11(5-10)16-12-7-15-8-13(12)18-2/h3-5,12-13,15-16H,7-8H2,1-2H3/t12?,13-/m0/s1. The largest absolute Gasteiger partial charge is 0.497 e. The minimum atomic E-state index is 0.114. The van der Waals surface area contributed by atoms with Crippen molar-refractivity contribution in [2.75, 3.05) is 32.6 Å². The molecule has 0 radical (unpaired) electrons. The highest BCUT2D eigenvalue weighted by molar-refractivity contribution is 5.61. The molecular weight excluding hydrogens is 230 g/mol. The number of methoxy groups -OCH3 is 2. The zero-order valence-corrected chi connectivity index (χ0v) is 10.6. The van der Waals surface area contributed by atoms with Crippen LogP contribution in [0.3, 0.4) is 0 Å². The van der Waals surface area contributed by atoms with Gasteiger partial charge in [0.2, 0.25) is 0 Å². The zero-order chi connectivity index (χ0) is 13.0. The molecule has 1 aliphatic rings. The number of anilines is 1. The van der Waals surface area contributed by atoms with Crippen LogP contribution in [0.1, 0.15) is 5.56 Å². The molecule has 1 aromatic rings. The summed E-state index contributed by atoms with van der Waals surface area (Å²) in [6, 6.07) is 7.71. The molecule has 1 heterocycles. The Morgan fingerprint density at radius 3 is 2.89 bits per heavy atom. The molecule has 5 heteroatoms. The quantitative estimate of drug-likeness (QED) is 0.829. The minimum absolute atomic E-state index is 0.114. The molecule has 0 aliphatic carbocycles. The second-order valence-corrected chi connectivity index (χ2v) is 4.21. The number of rotatable bonds is 4. The first-order valence-corrected chi connectivity index (χ1v) is 5.86. The Morgan fingerprint density at radius 1 is 1.39 bits per heavy atom. The highest BCUT2D eigenvalue weighted by Crippen LogP contribution is 2.23. The van der Waals surface area contributed by atoms with Crippen LogP contribution in [-0.2, 0) is 4.74 Å². The molecule has 1 saturated heterocycles. The molecular formula is C13H17N3O2. The zero-order valence-electron chi connectivity index (χ0n) is 10.6. The van der Waals surface area contributed by atoms with Crippen molar-refractivity contribution in [2.24, 2.45) is 0 Å². The predicted molar refractivity (Wildman–Crippen MR) is 68.8 cm³/mol. The van der Waals surface area contributed by atoms with Crippen molar-refractivity contribution in [3.63, 3.8) is 0 Å². The molecule has 0 amide bonds. The second kappa shape index (κ2) is 5.71. The Kier molecular flexibility index (Phi) is 4.03. The van der Waals surface area contributed by atoms with Gasteiger partial charge in [-0.05, 0) is 12.1 Å². The van der Waals surface area contributed by atoms with Crippen LogP contribution in [-0.4, -0.2) is 39.5 Å². The lowest BCUT2D eigenvalue weighted by atomic mass is 10.1. The van der Waals surface area contributed by atoms with Crippen LogP contribution in [0, 0.1) is 11.3 Å². The Hall–Kier alpha value is -1.77. The molecule has 96 valence electrons. The number of ether oxygens (including phenoxy) is 2. The van der Waals surface area contributed by atoms with E-state index in [2.05, 4.69) is 16.7 Å². The van der Waals surface area contributed by atoms with Gasteiger partial charge in [0.05, 0.1) is 30.5 Å². The van der Waals surface area contributed by atoms with Gasteiger partial charge in [-0.15, -0.1) is 0 Å². The highest BCUT2D eigenvalue weighted by Gasteiger charge is 2.27. The summed E-state index contributed by atoms with van der Waals surface area (Å²) in [5, 5.41) is 15.7. The van der Waals surface area contributed by atoms with E-state index in [0.717, 1.165) is 24.5 Å². The Labute approximate surface area is 107 Å². The third kappa shape index (κ3) is 2.55. The summed E-state index contributed by atoms with van der Waals surface area (Å²) in [5.74, 6) is 0.733. The first-order chi connectivity index (χ1) is 8.78. The van der Waals surface area contributed by atoms with Crippen LogP contribution in [0.15, 0.2) is 18.2 Å². The topological polar surface area (TPSA) is 66.3 Å². The number of benzene rings is 1. The molecule has 1 fully saturated rings. The van der Waals surface area contributed by atoms with E-state index in [1.54, 1.807) is 26.4 Å². The van der Waals surface area contributed by atoms with Crippen LogP contribution in [0.4, 0.5) is 5.69 Å². The van der Waals surface area contributed by atoms with Gasteiger partial charge >= 0.3 is 0 Å². The van der Waals surface area contributed by atoms with Crippen LogP contribution < -0.4 is 15.4 Å². The molecule has 0 saturated carbocycles. The molecule has 1 aromatic carbocycles. The van der Waals surface area contributed by atoms with E-state index < -0.39 is 0 Å². The Morgan fingerprint density at radius 2 is 2.22 bits per heavy atom. The van der Waals surface area contributed by atoms with E-state index >= 15 is 0 Å². The Balaban J connectivity index is 2.19. The van der Waals surface area contributed by atoms with E-state index in [-0.39, 0.29) is 12.1 Å². The van der Waals surface area contributed by atoms with Crippen LogP contribution in [0.5, 0.6) is 5.75 Å². The molecule has 18 heavy (non-hydrogen) atoms. The van der Waals surface area contributed by atoms with Gasteiger partial charge in [-0.2, -0.15) is 5.26 Å². The average Bonchev–Trinajstić information content (AvgIpc) is 2.86. The first-order valence-electron chi connectivity index (χ1n) is 5.86. The second-order valence-electron chi connectivity index (χ2n) is 4.21. The summed E-state index contributed by atoms with van der Waals surface area (Å²) in [5.41, 5.74) is 1.39. The lowest BCUT2D eigenvalue weighted by molar-refractivity contribution is 0.111. The molecule has 2 atom stereocenters. The third-order valence-electron chi connectivity index (χ3n) is 3.15. The summed E-state index contributed by atoms with van der Waals surface area (Å²) in [6.45, 7) is 1.64. The molecule has 2 rings (SSSR count). The minimum Gasteiger partial charge on any atom is -0.497 e. The van der Waals surface area contributed by atoms with Crippen molar-refractivity contribution in [2.45, 2.75) is 12.1 Å². The van der Waals surface area contributed by atoms with E-state index in [0.29, 0.717) is 5.56 Å². The van der Waals surface area contributed by atoms with Crippen LogP contribution >= 0.6 is 0 Å². The maximum Gasteiger partial charge on any atom is 0.121 e. The molecule has 0 spiro atoms. The predicted octanol–water partition coefficient (Wildman–Crippen LogP) is 0.966. The van der Waals surface area contributed by atoms with Crippen molar-refractivity contribution >= 4 is 5.69 Å². The van der Waals surface area contributed by atoms with Crippen LogP contribution in [0.25, 0.3) is 0 Å². The molecule has 5 nitrogen and oxygen atoms in total. The summed E-state index contributed by atoms with van der Waals surface area (Å²) in [6.07, 6.45) is 0.114. The number of nitrogens with one attached hydrogen (secondary N) is 2.